The van der Waals surface area contributed by atoms with Crippen LogP contribution in [0.3, 0.4) is 0 Å². The van der Waals surface area contributed by atoms with Crippen LogP contribution in [0.15, 0.2) is 60.7 Å². The number of benzene rings is 2. The van der Waals surface area contributed by atoms with E-state index < -0.39 is 40.3 Å². The van der Waals surface area contributed by atoms with E-state index in [0.29, 0.717) is 0 Å². The molecule has 0 amide bonds. The average molecular weight is 485 g/mol. The highest BCUT2D eigenvalue weighted by atomic mass is 32.2. The van der Waals surface area contributed by atoms with Crippen LogP contribution in [-0.2, 0) is 24.6 Å². The molecule has 1 N–H and O–H groups in total. The minimum absolute atomic E-state index is 0.0597. The van der Waals surface area contributed by atoms with Gasteiger partial charge >= 0.3 is 0 Å². The van der Waals surface area contributed by atoms with Crippen LogP contribution >= 0.6 is 0 Å². The summed E-state index contributed by atoms with van der Waals surface area (Å²) in [6.45, 7) is 6.19. The largest absolute Gasteiger partial charge is 0.748 e. The molecular formula is C21H30NO6S2Si-. The fourth-order valence-electron chi connectivity index (χ4n) is 3.75. The molecule has 0 aromatic heterocycles. The fraction of sp³-hybridized carbons (Fsp3) is 0.429. The molecule has 7 nitrogen and oxygen atoms in total. The Hall–Kier alpha value is -1.56. The Balaban J connectivity index is 2.51. The molecule has 0 unspecified atom stereocenters. The number of nitrogens with one attached hydrogen (secondary N) is 1. The molecule has 172 valence electrons. The molecule has 0 fully saturated rings. The Morgan fingerprint density at radius 3 is 1.74 bits per heavy atom. The van der Waals surface area contributed by atoms with Gasteiger partial charge in [0.25, 0.3) is 8.32 Å². The first-order chi connectivity index (χ1) is 14.2. The molecule has 0 aliphatic carbocycles. The fourth-order valence-corrected chi connectivity index (χ4v) is 9.72. The monoisotopic (exact) mass is 484 g/mol. The van der Waals surface area contributed by atoms with Gasteiger partial charge in [0.05, 0.1) is 23.0 Å². The van der Waals surface area contributed by atoms with Crippen molar-refractivity contribution in [2.24, 2.45) is 0 Å². The number of rotatable bonds is 10. The van der Waals surface area contributed by atoms with E-state index in [0.717, 1.165) is 16.6 Å². The van der Waals surface area contributed by atoms with E-state index in [1.54, 1.807) is 0 Å². The third-order valence-electron chi connectivity index (χ3n) is 5.01. The van der Waals surface area contributed by atoms with E-state index in [-0.39, 0.29) is 18.1 Å². The van der Waals surface area contributed by atoms with Crippen LogP contribution in [0.1, 0.15) is 27.2 Å². The molecule has 0 spiro atoms. The first kappa shape index (κ1) is 25.7. The highest BCUT2D eigenvalue weighted by Gasteiger charge is 2.50. The van der Waals surface area contributed by atoms with E-state index in [1.165, 1.54) is 0 Å². The lowest BCUT2D eigenvalue weighted by atomic mass is 10.2. The summed E-state index contributed by atoms with van der Waals surface area (Å²) in [6, 6.07) is 18.8. The highest BCUT2D eigenvalue weighted by molar-refractivity contribution is 7.88. The summed E-state index contributed by atoms with van der Waals surface area (Å²) in [7, 11) is -11.0. The quantitative estimate of drug-likeness (QED) is 0.403. The van der Waals surface area contributed by atoms with Gasteiger partial charge in [-0.25, -0.2) is 21.6 Å². The lowest BCUT2D eigenvalue weighted by Gasteiger charge is -2.43. The Kier molecular flexibility index (Phi) is 8.23. The van der Waals surface area contributed by atoms with Gasteiger partial charge in [-0.2, -0.15) is 0 Å². The van der Waals surface area contributed by atoms with Crippen molar-refractivity contribution < 1.29 is 25.8 Å². The maximum absolute atomic E-state index is 11.8. The molecule has 2 rings (SSSR count). The standard InChI is InChI=1S/C21H31NO6S2Si/c1-21(2,3)31(19-11-7-5-8-12-19,20-13-9-6-10-14-20)28-17-18(22-29(4,23)24)15-16-30(25,26)27/h5-14,18,22H,15-17H2,1-4H3,(H,25,26,27)/p-1/t18-/m0/s1. The Morgan fingerprint density at radius 2 is 1.39 bits per heavy atom. The van der Waals surface area contributed by atoms with Crippen molar-refractivity contribution in [3.8, 4) is 0 Å². The zero-order valence-corrected chi connectivity index (χ0v) is 20.9. The van der Waals surface area contributed by atoms with Gasteiger partial charge in [-0.05, 0) is 21.8 Å². The van der Waals surface area contributed by atoms with E-state index in [2.05, 4.69) is 25.5 Å². The molecule has 0 bridgehead atoms. The third kappa shape index (κ3) is 7.23. The van der Waals surface area contributed by atoms with E-state index >= 15 is 0 Å². The normalized spacial score (nSPS) is 14.4. The molecule has 0 heterocycles. The van der Waals surface area contributed by atoms with Crippen molar-refractivity contribution in [3.63, 3.8) is 0 Å². The number of sulfonamides is 1. The van der Waals surface area contributed by atoms with Gasteiger partial charge in [0.1, 0.15) is 0 Å². The van der Waals surface area contributed by atoms with Gasteiger partial charge in [-0.1, -0.05) is 81.4 Å². The van der Waals surface area contributed by atoms with Crippen LogP contribution in [-0.4, -0.2) is 54.4 Å². The Labute approximate surface area is 186 Å². The topological polar surface area (TPSA) is 113 Å². The zero-order valence-electron chi connectivity index (χ0n) is 18.2. The molecule has 2 aromatic carbocycles. The summed E-state index contributed by atoms with van der Waals surface area (Å²) >= 11 is 0. The highest BCUT2D eigenvalue weighted by Crippen LogP contribution is 2.36. The molecule has 0 aliphatic rings. The minimum Gasteiger partial charge on any atom is -0.748 e. The van der Waals surface area contributed by atoms with Crippen LogP contribution < -0.4 is 15.1 Å². The van der Waals surface area contributed by atoms with Crippen molar-refractivity contribution in [2.75, 3.05) is 18.6 Å². The molecule has 1 atom stereocenters. The van der Waals surface area contributed by atoms with Crippen molar-refractivity contribution >= 4 is 38.8 Å². The first-order valence-electron chi connectivity index (χ1n) is 9.90. The van der Waals surface area contributed by atoms with Crippen molar-refractivity contribution in [1.82, 2.24) is 4.72 Å². The number of hydrogen-bond acceptors (Lipinski definition) is 6. The maximum Gasteiger partial charge on any atom is 0.261 e. The second-order valence-electron chi connectivity index (χ2n) is 8.61. The SMILES string of the molecule is CC(C)(C)[Si](OC[C@H](CCS(=O)(=O)[O-])NS(C)(=O)=O)(c1ccccc1)c1ccccc1. The molecule has 0 saturated heterocycles. The van der Waals surface area contributed by atoms with Gasteiger partial charge < -0.3 is 8.98 Å². The second-order valence-corrected chi connectivity index (χ2v) is 16.2. The Morgan fingerprint density at radius 1 is 0.935 bits per heavy atom. The van der Waals surface area contributed by atoms with Crippen LogP contribution in [0, 0.1) is 0 Å². The van der Waals surface area contributed by atoms with Gasteiger partial charge in [-0.3, -0.25) is 0 Å². The van der Waals surface area contributed by atoms with Crippen LogP contribution in [0.5, 0.6) is 0 Å². The third-order valence-corrected chi connectivity index (χ3v) is 11.5. The molecule has 0 saturated carbocycles. The van der Waals surface area contributed by atoms with Crippen LogP contribution in [0.4, 0.5) is 0 Å². The zero-order chi connectivity index (χ0) is 23.3. The second kappa shape index (κ2) is 9.93. The van der Waals surface area contributed by atoms with Crippen LogP contribution in [0.25, 0.3) is 0 Å². The summed E-state index contributed by atoms with van der Waals surface area (Å²) in [5.74, 6) is -0.676. The van der Waals surface area contributed by atoms with Crippen molar-refractivity contribution in [3.05, 3.63) is 60.7 Å². The van der Waals surface area contributed by atoms with Gasteiger partial charge in [0.2, 0.25) is 10.0 Å². The molecule has 0 radical (unpaired) electrons. The summed E-state index contributed by atoms with van der Waals surface area (Å²) in [6.07, 6.45) is 0.825. The van der Waals surface area contributed by atoms with Gasteiger partial charge in [0, 0.05) is 11.8 Å². The summed E-state index contributed by atoms with van der Waals surface area (Å²) in [5.41, 5.74) is 0. The van der Waals surface area contributed by atoms with Crippen molar-refractivity contribution in [1.29, 1.82) is 0 Å². The lowest BCUT2D eigenvalue weighted by molar-refractivity contribution is 0.260. The van der Waals surface area contributed by atoms with E-state index in [9.17, 15) is 21.4 Å². The van der Waals surface area contributed by atoms with E-state index in [1.807, 2.05) is 60.7 Å². The summed E-state index contributed by atoms with van der Waals surface area (Å²) in [4.78, 5) is 0. The maximum atomic E-state index is 11.8. The predicted molar refractivity (Wildman–Crippen MR) is 125 cm³/mol. The molecular weight excluding hydrogens is 454 g/mol. The van der Waals surface area contributed by atoms with Crippen LogP contribution in [0.2, 0.25) is 5.04 Å². The molecule has 31 heavy (non-hydrogen) atoms. The summed E-state index contributed by atoms with van der Waals surface area (Å²) < 4.78 is 66.2. The van der Waals surface area contributed by atoms with Gasteiger partial charge in [-0.15, -0.1) is 0 Å². The minimum atomic E-state index is -4.49. The smallest absolute Gasteiger partial charge is 0.261 e. The number of hydrogen-bond donors (Lipinski definition) is 1. The Bertz CT molecular complexity index is 1010. The molecule has 2 aromatic rings. The average Bonchev–Trinajstić information content (AvgIpc) is 2.65. The first-order valence-corrected chi connectivity index (χ1v) is 15.3. The molecule has 10 heteroatoms. The lowest BCUT2D eigenvalue weighted by Crippen LogP contribution is -2.67. The molecule has 0 aliphatic heterocycles. The predicted octanol–water partition coefficient (Wildman–Crippen LogP) is 1.42. The van der Waals surface area contributed by atoms with Gasteiger partial charge in [0.15, 0.2) is 0 Å². The van der Waals surface area contributed by atoms with E-state index in [4.69, 9.17) is 4.43 Å². The van der Waals surface area contributed by atoms with Crippen molar-refractivity contribution in [2.45, 2.75) is 38.3 Å². The summed E-state index contributed by atoms with van der Waals surface area (Å²) in [5, 5.41) is 1.71.